The highest BCUT2D eigenvalue weighted by Crippen LogP contribution is 2.27. The number of nitrogens with one attached hydrogen (secondary N) is 1. The Balaban J connectivity index is 1.75. The molecule has 0 aliphatic carbocycles. The molecule has 0 spiro atoms. The van der Waals surface area contributed by atoms with Gasteiger partial charge in [-0.05, 0) is 50.1 Å². The number of rotatable bonds is 4. The summed E-state index contributed by atoms with van der Waals surface area (Å²) in [5, 5.41) is 7.20. The number of halogens is 1. The van der Waals surface area contributed by atoms with Gasteiger partial charge in [-0.25, -0.2) is 4.98 Å². The summed E-state index contributed by atoms with van der Waals surface area (Å²) >= 11 is 9.01. The van der Waals surface area contributed by atoms with Crippen LogP contribution in [0.3, 0.4) is 0 Å². The van der Waals surface area contributed by atoms with Gasteiger partial charge >= 0.3 is 0 Å². The Kier molecular flexibility index (Phi) is 4.80. The zero-order valence-corrected chi connectivity index (χ0v) is 15.4. The maximum atomic E-state index is 5.95. The van der Waals surface area contributed by atoms with Crippen molar-refractivity contribution in [1.82, 2.24) is 4.98 Å². The largest absolute Gasteiger partial charge is 0.252 e. The van der Waals surface area contributed by atoms with E-state index < -0.39 is 0 Å². The van der Waals surface area contributed by atoms with Crippen molar-refractivity contribution >= 4 is 45.1 Å². The van der Waals surface area contributed by atoms with Crippen LogP contribution in [-0.2, 0) is 0 Å². The number of anilines is 1. The lowest BCUT2D eigenvalue weighted by molar-refractivity contribution is 1.27. The van der Waals surface area contributed by atoms with Crippen molar-refractivity contribution in [2.75, 3.05) is 5.43 Å². The lowest BCUT2D eigenvalue weighted by Crippen LogP contribution is -1.97. The van der Waals surface area contributed by atoms with Gasteiger partial charge in [0, 0.05) is 10.9 Å². The van der Waals surface area contributed by atoms with E-state index in [1.54, 1.807) is 11.3 Å². The van der Waals surface area contributed by atoms with Gasteiger partial charge in [0.15, 0.2) is 0 Å². The number of nitrogens with zero attached hydrogens (tertiary/aromatic N) is 2. The molecule has 2 heterocycles. The Morgan fingerprint density at radius 3 is 2.70 bits per heavy atom. The van der Waals surface area contributed by atoms with Crippen LogP contribution in [0.15, 0.2) is 40.8 Å². The van der Waals surface area contributed by atoms with Crippen LogP contribution in [0.5, 0.6) is 0 Å². The zero-order chi connectivity index (χ0) is 16.4. The van der Waals surface area contributed by atoms with Gasteiger partial charge in [-0.3, -0.25) is 5.43 Å². The molecule has 0 aliphatic heterocycles. The second-order valence-electron chi connectivity index (χ2n) is 5.25. The molecule has 0 saturated carbocycles. The molecular weight excluding hydrogens is 346 g/mol. The van der Waals surface area contributed by atoms with Gasteiger partial charge in [0.05, 0.1) is 20.6 Å². The van der Waals surface area contributed by atoms with Crippen LogP contribution >= 0.6 is 34.3 Å². The Morgan fingerprint density at radius 2 is 2.00 bits per heavy atom. The van der Waals surface area contributed by atoms with Crippen molar-refractivity contribution in [2.24, 2.45) is 5.10 Å². The number of hydrogen-bond acceptors (Lipinski definition) is 5. The van der Waals surface area contributed by atoms with Crippen molar-refractivity contribution in [3.8, 4) is 11.3 Å². The van der Waals surface area contributed by atoms with E-state index in [0.717, 1.165) is 31.3 Å². The van der Waals surface area contributed by atoms with Crippen LogP contribution in [-0.4, -0.2) is 10.7 Å². The zero-order valence-electron chi connectivity index (χ0n) is 13.1. The monoisotopic (exact) mass is 361 g/mol. The predicted molar refractivity (Wildman–Crippen MR) is 102 cm³/mol. The van der Waals surface area contributed by atoms with Crippen molar-refractivity contribution in [2.45, 2.75) is 20.8 Å². The smallest absolute Gasteiger partial charge is 0.203 e. The van der Waals surface area contributed by atoms with Crippen molar-refractivity contribution in [3.05, 3.63) is 56.1 Å². The third-order valence-electron chi connectivity index (χ3n) is 3.56. The van der Waals surface area contributed by atoms with Crippen LogP contribution in [0, 0.1) is 13.8 Å². The molecule has 1 N–H and O–H groups in total. The molecule has 0 aliphatic rings. The summed E-state index contributed by atoms with van der Waals surface area (Å²) in [5.74, 6) is 0. The maximum absolute atomic E-state index is 5.95. The van der Waals surface area contributed by atoms with E-state index in [-0.39, 0.29) is 0 Å². The summed E-state index contributed by atoms with van der Waals surface area (Å²) in [7, 11) is 0. The molecule has 0 amide bonds. The van der Waals surface area contributed by atoms with Gasteiger partial charge in [-0.1, -0.05) is 23.7 Å². The molecule has 0 saturated heterocycles. The quantitative estimate of drug-likeness (QED) is 0.458. The van der Waals surface area contributed by atoms with E-state index in [9.17, 15) is 0 Å². The predicted octanol–water partition coefficient (Wildman–Crippen LogP) is 5.98. The third kappa shape index (κ3) is 3.80. The van der Waals surface area contributed by atoms with Crippen LogP contribution < -0.4 is 5.43 Å². The van der Waals surface area contributed by atoms with Gasteiger partial charge < -0.3 is 0 Å². The molecule has 2 aromatic heterocycles. The minimum Gasteiger partial charge on any atom is -0.252 e. The summed E-state index contributed by atoms with van der Waals surface area (Å²) in [5.41, 5.74) is 8.57. The van der Waals surface area contributed by atoms with E-state index in [0.29, 0.717) is 0 Å². The summed E-state index contributed by atoms with van der Waals surface area (Å²) in [4.78, 5) is 5.65. The molecule has 3 rings (SSSR count). The van der Waals surface area contributed by atoms with E-state index in [1.165, 1.54) is 22.5 Å². The number of aromatic nitrogens is 1. The average molecular weight is 362 g/mol. The number of aryl methyl sites for hydroxylation is 2. The fourth-order valence-electron chi connectivity index (χ4n) is 2.05. The first-order valence-corrected chi connectivity index (χ1v) is 9.19. The fourth-order valence-corrected chi connectivity index (χ4v) is 3.70. The molecule has 3 nitrogen and oxygen atoms in total. The average Bonchev–Trinajstić information content (AvgIpc) is 3.17. The first kappa shape index (κ1) is 16.2. The standard InChI is InChI=1S/C17H16ClN3S2/c1-10-4-5-13(8-11(10)2)14-9-22-17(19-14)21-20-12(3)15-6-7-16(18)23-15/h4-9H,1-3H3,(H,19,21)/b20-12-. The highest BCUT2D eigenvalue weighted by atomic mass is 35.5. The molecule has 0 unspecified atom stereocenters. The van der Waals surface area contributed by atoms with Gasteiger partial charge in [0.1, 0.15) is 0 Å². The number of thiazole rings is 1. The summed E-state index contributed by atoms with van der Waals surface area (Å²) in [6.07, 6.45) is 0. The van der Waals surface area contributed by atoms with Crippen LogP contribution in [0.4, 0.5) is 5.13 Å². The molecule has 0 radical (unpaired) electrons. The van der Waals surface area contributed by atoms with Crippen LogP contribution in [0.1, 0.15) is 22.9 Å². The maximum Gasteiger partial charge on any atom is 0.203 e. The summed E-state index contributed by atoms with van der Waals surface area (Å²) in [6, 6.07) is 10.2. The van der Waals surface area contributed by atoms with Gasteiger partial charge in [-0.15, -0.1) is 22.7 Å². The van der Waals surface area contributed by atoms with Crippen molar-refractivity contribution < 1.29 is 0 Å². The SMILES string of the molecule is C/C(=N/Nc1nc(-c2ccc(C)c(C)c2)cs1)c1ccc(Cl)s1. The molecule has 6 heteroatoms. The molecular formula is C17H16ClN3S2. The third-order valence-corrected chi connectivity index (χ3v) is 5.64. The van der Waals surface area contributed by atoms with Gasteiger partial charge in [0.2, 0.25) is 5.13 Å². The van der Waals surface area contributed by atoms with E-state index in [4.69, 9.17) is 11.6 Å². The Labute approximate surface area is 148 Å². The fraction of sp³-hybridized carbons (Fsp3) is 0.176. The molecule has 23 heavy (non-hydrogen) atoms. The minimum absolute atomic E-state index is 0.765. The number of benzene rings is 1. The van der Waals surface area contributed by atoms with Gasteiger partial charge in [-0.2, -0.15) is 5.10 Å². The number of hydrogen-bond donors (Lipinski definition) is 1. The molecule has 118 valence electrons. The minimum atomic E-state index is 0.765. The van der Waals surface area contributed by atoms with E-state index in [1.807, 2.05) is 24.4 Å². The molecule has 3 aromatic rings. The van der Waals surface area contributed by atoms with Gasteiger partial charge in [0.25, 0.3) is 0 Å². The highest BCUT2D eigenvalue weighted by Gasteiger charge is 2.06. The van der Waals surface area contributed by atoms with Crippen molar-refractivity contribution in [1.29, 1.82) is 0 Å². The van der Waals surface area contributed by atoms with Crippen molar-refractivity contribution in [3.63, 3.8) is 0 Å². The topological polar surface area (TPSA) is 37.3 Å². The summed E-state index contributed by atoms with van der Waals surface area (Å²) < 4.78 is 0.765. The molecule has 0 fully saturated rings. The molecule has 0 bridgehead atoms. The van der Waals surface area contributed by atoms with E-state index >= 15 is 0 Å². The first-order chi connectivity index (χ1) is 11.0. The normalized spacial score (nSPS) is 11.7. The summed E-state index contributed by atoms with van der Waals surface area (Å²) in [6.45, 7) is 6.18. The second kappa shape index (κ2) is 6.83. The Hall–Kier alpha value is -1.69. The number of hydrazone groups is 1. The Morgan fingerprint density at radius 1 is 1.17 bits per heavy atom. The Bertz CT molecular complexity index is 864. The number of thiophene rings is 1. The van der Waals surface area contributed by atoms with E-state index in [2.05, 4.69) is 47.6 Å². The highest BCUT2D eigenvalue weighted by molar-refractivity contribution is 7.18. The van der Waals surface area contributed by atoms with Crippen LogP contribution in [0.2, 0.25) is 4.34 Å². The first-order valence-electron chi connectivity index (χ1n) is 7.12. The van der Waals surface area contributed by atoms with Crippen LogP contribution in [0.25, 0.3) is 11.3 Å². The second-order valence-corrected chi connectivity index (χ2v) is 7.82. The molecule has 0 atom stereocenters. The lowest BCUT2D eigenvalue weighted by Gasteiger charge is -2.02. The molecule has 1 aromatic carbocycles. The lowest BCUT2D eigenvalue weighted by atomic mass is 10.1.